The number of fused-ring (bicyclic) bond motifs is 1. The van der Waals surface area contributed by atoms with E-state index in [1.807, 2.05) is 24.3 Å². The van der Waals surface area contributed by atoms with Gasteiger partial charge in [-0.05, 0) is 42.5 Å². The number of amides is 1. The van der Waals surface area contributed by atoms with Gasteiger partial charge in [0.1, 0.15) is 11.6 Å². The van der Waals surface area contributed by atoms with E-state index < -0.39 is 5.82 Å². The summed E-state index contributed by atoms with van der Waals surface area (Å²) in [4.78, 5) is 21.0. The predicted molar refractivity (Wildman–Crippen MR) is 121 cm³/mol. The number of rotatable bonds is 6. The summed E-state index contributed by atoms with van der Waals surface area (Å²) in [6, 6.07) is 18.7. The van der Waals surface area contributed by atoms with Crippen LogP contribution in [-0.4, -0.2) is 28.0 Å². The van der Waals surface area contributed by atoms with Gasteiger partial charge in [0.15, 0.2) is 4.34 Å². The highest BCUT2D eigenvalue weighted by Gasteiger charge is 2.10. The summed E-state index contributed by atoms with van der Waals surface area (Å²) in [5, 5.41) is 12.4. The lowest BCUT2D eigenvalue weighted by molar-refractivity contribution is -0.113. The summed E-state index contributed by atoms with van der Waals surface area (Å²) in [6.07, 6.45) is 1.61. The number of aromatic hydroxyl groups is 1. The number of thiazole rings is 1. The van der Waals surface area contributed by atoms with Gasteiger partial charge in [-0.1, -0.05) is 36.0 Å². The molecule has 2 N–H and O–H groups in total. The number of aliphatic imine (C=N–C) groups is 1. The Kier molecular flexibility index (Phi) is 6.06. The van der Waals surface area contributed by atoms with Crippen molar-refractivity contribution >= 4 is 56.8 Å². The van der Waals surface area contributed by atoms with Gasteiger partial charge >= 0.3 is 0 Å². The average molecular weight is 438 g/mol. The predicted octanol–water partition coefficient (Wildman–Crippen LogP) is 5.62. The van der Waals surface area contributed by atoms with Crippen LogP contribution in [0.1, 0.15) is 5.56 Å². The number of thioether (sulfide) groups is 1. The summed E-state index contributed by atoms with van der Waals surface area (Å²) in [5.41, 5.74) is 2.36. The molecule has 0 atom stereocenters. The number of carbonyl (C=O) groups excluding carboxylic acids is 1. The quantitative estimate of drug-likeness (QED) is 0.303. The van der Waals surface area contributed by atoms with Crippen molar-refractivity contribution in [3.8, 4) is 5.75 Å². The zero-order valence-electron chi connectivity index (χ0n) is 15.6. The van der Waals surface area contributed by atoms with Crippen molar-refractivity contribution in [2.24, 2.45) is 4.99 Å². The SMILES string of the molecule is O=C(CSc1nc2ccc(N=Cc3ccccc3O)cc2s1)Nc1ccccc1F. The van der Waals surface area contributed by atoms with Gasteiger partial charge in [-0.25, -0.2) is 9.37 Å². The fraction of sp³-hybridized carbons (Fsp3) is 0.0455. The van der Waals surface area contributed by atoms with Crippen LogP contribution in [0.25, 0.3) is 10.2 Å². The minimum Gasteiger partial charge on any atom is -0.507 e. The topological polar surface area (TPSA) is 74.6 Å². The van der Waals surface area contributed by atoms with Gasteiger partial charge < -0.3 is 10.4 Å². The van der Waals surface area contributed by atoms with Crippen LogP contribution in [0.3, 0.4) is 0 Å². The third kappa shape index (κ3) is 4.84. The van der Waals surface area contributed by atoms with Crippen molar-refractivity contribution in [1.82, 2.24) is 4.98 Å². The van der Waals surface area contributed by atoms with E-state index in [0.29, 0.717) is 5.56 Å². The molecule has 5 nitrogen and oxygen atoms in total. The molecule has 30 heavy (non-hydrogen) atoms. The molecule has 0 saturated carbocycles. The molecule has 0 bridgehead atoms. The summed E-state index contributed by atoms with van der Waals surface area (Å²) >= 11 is 2.76. The maximum absolute atomic E-state index is 13.6. The minimum absolute atomic E-state index is 0.131. The number of aromatic nitrogens is 1. The highest BCUT2D eigenvalue weighted by atomic mass is 32.2. The number of anilines is 1. The van der Waals surface area contributed by atoms with Crippen molar-refractivity contribution in [2.45, 2.75) is 4.34 Å². The summed E-state index contributed by atoms with van der Waals surface area (Å²) < 4.78 is 15.3. The summed E-state index contributed by atoms with van der Waals surface area (Å²) in [6.45, 7) is 0. The molecular weight excluding hydrogens is 421 g/mol. The van der Waals surface area contributed by atoms with Crippen molar-refractivity contribution in [3.63, 3.8) is 0 Å². The first-order valence-electron chi connectivity index (χ1n) is 8.98. The first-order chi connectivity index (χ1) is 14.6. The lowest BCUT2D eigenvalue weighted by atomic mass is 10.2. The maximum Gasteiger partial charge on any atom is 0.234 e. The monoisotopic (exact) mass is 437 g/mol. The smallest absolute Gasteiger partial charge is 0.234 e. The molecule has 0 aliphatic heterocycles. The molecule has 4 rings (SSSR count). The molecule has 3 aromatic carbocycles. The number of hydrogen-bond acceptors (Lipinski definition) is 6. The fourth-order valence-corrected chi connectivity index (χ4v) is 4.55. The standard InChI is InChI=1S/C22H16FN3O2S2/c23-16-6-2-3-7-17(16)25-21(28)13-29-22-26-18-10-9-15(11-20(18)30-22)24-12-14-5-1-4-8-19(14)27/h1-12,27H,13H2,(H,25,28). The van der Waals surface area contributed by atoms with Crippen molar-refractivity contribution in [3.05, 3.63) is 78.1 Å². The zero-order valence-corrected chi connectivity index (χ0v) is 17.2. The van der Waals surface area contributed by atoms with E-state index in [4.69, 9.17) is 0 Å². The molecule has 0 spiro atoms. The van der Waals surface area contributed by atoms with Gasteiger partial charge in [-0.3, -0.25) is 9.79 Å². The first-order valence-corrected chi connectivity index (χ1v) is 10.8. The lowest BCUT2D eigenvalue weighted by Gasteiger charge is -2.04. The molecule has 0 radical (unpaired) electrons. The largest absolute Gasteiger partial charge is 0.507 e. The van der Waals surface area contributed by atoms with Gasteiger partial charge in [0.2, 0.25) is 5.91 Å². The fourth-order valence-electron chi connectivity index (χ4n) is 2.65. The molecule has 0 unspecified atom stereocenters. The minimum atomic E-state index is -0.465. The van der Waals surface area contributed by atoms with Gasteiger partial charge in [0.25, 0.3) is 0 Å². The van der Waals surface area contributed by atoms with Gasteiger partial charge in [0.05, 0.1) is 27.3 Å². The number of phenols is 1. The molecule has 0 aliphatic carbocycles. The van der Waals surface area contributed by atoms with Gasteiger partial charge in [-0.2, -0.15) is 0 Å². The number of phenolic OH excluding ortho intramolecular Hbond substituents is 1. The molecule has 4 aromatic rings. The number of benzene rings is 3. The Morgan fingerprint density at radius 3 is 2.80 bits per heavy atom. The van der Waals surface area contributed by atoms with E-state index in [0.717, 1.165) is 20.2 Å². The van der Waals surface area contributed by atoms with Crippen LogP contribution in [-0.2, 0) is 4.79 Å². The second kappa shape index (κ2) is 9.06. The van der Waals surface area contributed by atoms with Crippen LogP contribution in [0.5, 0.6) is 5.75 Å². The number of para-hydroxylation sites is 2. The molecule has 1 heterocycles. The van der Waals surface area contributed by atoms with E-state index in [1.54, 1.807) is 36.5 Å². The number of nitrogens with one attached hydrogen (secondary N) is 1. The molecule has 1 aromatic heterocycles. The van der Waals surface area contributed by atoms with Gasteiger partial charge in [0, 0.05) is 11.8 Å². The Balaban J connectivity index is 1.42. The number of hydrogen-bond donors (Lipinski definition) is 2. The Morgan fingerprint density at radius 1 is 1.17 bits per heavy atom. The van der Waals surface area contributed by atoms with Crippen LogP contribution in [0.15, 0.2) is 76.1 Å². The number of nitrogens with zero attached hydrogens (tertiary/aromatic N) is 2. The second-order valence-electron chi connectivity index (χ2n) is 6.27. The van der Waals surface area contributed by atoms with E-state index in [-0.39, 0.29) is 23.1 Å². The van der Waals surface area contributed by atoms with Crippen molar-refractivity contribution in [1.29, 1.82) is 0 Å². The molecule has 0 saturated heterocycles. The second-order valence-corrected chi connectivity index (χ2v) is 8.52. The Bertz CT molecular complexity index is 1240. The Labute approximate surface area is 180 Å². The third-order valence-electron chi connectivity index (χ3n) is 4.12. The Hall–Kier alpha value is -3.23. The van der Waals surface area contributed by atoms with E-state index in [9.17, 15) is 14.3 Å². The molecular formula is C22H16FN3O2S2. The van der Waals surface area contributed by atoms with Crippen LogP contribution in [0, 0.1) is 5.82 Å². The highest BCUT2D eigenvalue weighted by molar-refractivity contribution is 8.01. The molecule has 150 valence electrons. The molecule has 0 aliphatic rings. The highest BCUT2D eigenvalue weighted by Crippen LogP contribution is 2.32. The summed E-state index contributed by atoms with van der Waals surface area (Å²) in [5.74, 6) is -0.454. The third-order valence-corrected chi connectivity index (χ3v) is 6.28. The lowest BCUT2D eigenvalue weighted by Crippen LogP contribution is -2.14. The van der Waals surface area contributed by atoms with E-state index >= 15 is 0 Å². The van der Waals surface area contributed by atoms with E-state index in [2.05, 4.69) is 15.3 Å². The van der Waals surface area contributed by atoms with Crippen molar-refractivity contribution in [2.75, 3.05) is 11.1 Å². The van der Waals surface area contributed by atoms with Crippen LogP contribution in [0.4, 0.5) is 15.8 Å². The average Bonchev–Trinajstić information content (AvgIpc) is 3.16. The van der Waals surface area contributed by atoms with Gasteiger partial charge in [-0.15, -0.1) is 11.3 Å². The first kappa shape index (κ1) is 20.1. The van der Waals surface area contributed by atoms with Crippen molar-refractivity contribution < 1.29 is 14.3 Å². The molecule has 8 heteroatoms. The van der Waals surface area contributed by atoms with Crippen LogP contribution < -0.4 is 5.32 Å². The van der Waals surface area contributed by atoms with E-state index in [1.165, 1.54) is 35.2 Å². The molecule has 0 fully saturated rings. The Morgan fingerprint density at radius 2 is 1.97 bits per heavy atom. The van der Waals surface area contributed by atoms with Crippen LogP contribution >= 0.6 is 23.1 Å². The maximum atomic E-state index is 13.6. The normalized spacial score (nSPS) is 11.2. The number of carbonyl (C=O) groups is 1. The number of halogens is 1. The summed E-state index contributed by atoms with van der Waals surface area (Å²) in [7, 11) is 0. The molecule has 1 amide bonds. The zero-order chi connectivity index (χ0) is 20.9. The van der Waals surface area contributed by atoms with Crippen LogP contribution in [0.2, 0.25) is 0 Å².